The molecule has 2 N–H and O–H groups in total. The largest absolute Gasteiger partial charge is 0.349 e. The van der Waals surface area contributed by atoms with E-state index < -0.39 is 0 Å². The smallest absolute Gasteiger partial charge is 0.220 e. The van der Waals surface area contributed by atoms with Crippen molar-refractivity contribution >= 4 is 5.91 Å². The van der Waals surface area contributed by atoms with E-state index in [1.54, 1.807) is 18.6 Å². The third-order valence-corrected chi connectivity index (χ3v) is 2.34. The molecule has 0 atom stereocenters. The minimum atomic E-state index is 0.00653. The average molecular weight is 230 g/mol. The second kappa shape index (κ2) is 5.79. The van der Waals surface area contributed by atoms with Crippen LogP contribution < -0.4 is 5.32 Å². The topological polar surface area (TPSA) is 70.7 Å². The van der Waals surface area contributed by atoms with E-state index in [9.17, 15) is 4.79 Å². The van der Waals surface area contributed by atoms with Crippen LogP contribution in [-0.4, -0.2) is 20.9 Å². The molecule has 0 aliphatic rings. The molecule has 0 aromatic carbocycles. The van der Waals surface area contributed by atoms with E-state index in [1.165, 1.54) is 0 Å². The number of carbonyl (C=O) groups excluding carboxylic acids is 1. The Hall–Kier alpha value is -2.17. The van der Waals surface area contributed by atoms with Crippen molar-refractivity contribution in [2.24, 2.45) is 0 Å². The summed E-state index contributed by atoms with van der Waals surface area (Å²) in [6, 6.07) is 5.70. The molecular weight excluding hydrogens is 216 g/mol. The Morgan fingerprint density at radius 1 is 1.29 bits per heavy atom. The van der Waals surface area contributed by atoms with Crippen molar-refractivity contribution in [3.63, 3.8) is 0 Å². The molecule has 2 aromatic heterocycles. The second-order valence-electron chi connectivity index (χ2n) is 3.63. The van der Waals surface area contributed by atoms with Crippen LogP contribution in [0, 0.1) is 0 Å². The Balaban J connectivity index is 1.71. The van der Waals surface area contributed by atoms with Crippen molar-refractivity contribution in [2.75, 3.05) is 0 Å². The standard InChI is InChI=1S/C12H14N4O/c17-12(16-9-11-14-7-8-15-11)5-4-10-3-1-2-6-13-10/h1-3,6-8H,4-5,9H2,(H,14,15)(H,16,17). The van der Waals surface area contributed by atoms with Crippen molar-refractivity contribution in [3.8, 4) is 0 Å². The number of aromatic nitrogens is 3. The Kier molecular flexibility index (Phi) is 3.85. The average Bonchev–Trinajstić information content (AvgIpc) is 2.88. The monoisotopic (exact) mass is 230 g/mol. The van der Waals surface area contributed by atoms with Gasteiger partial charge in [-0.15, -0.1) is 0 Å². The van der Waals surface area contributed by atoms with Gasteiger partial charge in [0.05, 0.1) is 6.54 Å². The number of rotatable bonds is 5. The lowest BCUT2D eigenvalue weighted by Crippen LogP contribution is -2.23. The summed E-state index contributed by atoms with van der Waals surface area (Å²) in [6.07, 6.45) is 6.23. The van der Waals surface area contributed by atoms with Crippen molar-refractivity contribution in [1.82, 2.24) is 20.3 Å². The number of carbonyl (C=O) groups is 1. The van der Waals surface area contributed by atoms with E-state index in [4.69, 9.17) is 0 Å². The zero-order chi connectivity index (χ0) is 11.9. The van der Waals surface area contributed by atoms with Crippen molar-refractivity contribution in [2.45, 2.75) is 19.4 Å². The van der Waals surface area contributed by atoms with Crippen LogP contribution in [0.4, 0.5) is 0 Å². The molecule has 2 rings (SSSR count). The molecule has 0 saturated carbocycles. The fourth-order valence-corrected chi connectivity index (χ4v) is 1.45. The first-order chi connectivity index (χ1) is 8.34. The van der Waals surface area contributed by atoms with Gasteiger partial charge in [0.1, 0.15) is 5.82 Å². The summed E-state index contributed by atoms with van der Waals surface area (Å²) in [4.78, 5) is 22.6. The molecule has 0 radical (unpaired) electrons. The minimum absolute atomic E-state index is 0.00653. The number of H-pyrrole nitrogens is 1. The van der Waals surface area contributed by atoms with Crippen LogP contribution in [0.1, 0.15) is 17.9 Å². The van der Waals surface area contributed by atoms with Gasteiger partial charge < -0.3 is 10.3 Å². The third kappa shape index (κ3) is 3.71. The predicted octanol–water partition coefficient (Wildman–Crippen LogP) is 1.05. The number of amides is 1. The van der Waals surface area contributed by atoms with Gasteiger partial charge in [-0.1, -0.05) is 6.07 Å². The molecule has 0 spiro atoms. The number of aromatic amines is 1. The lowest BCUT2D eigenvalue weighted by atomic mass is 10.2. The van der Waals surface area contributed by atoms with Gasteiger partial charge in [0.2, 0.25) is 5.91 Å². The summed E-state index contributed by atoms with van der Waals surface area (Å²) >= 11 is 0. The summed E-state index contributed by atoms with van der Waals surface area (Å²) in [5, 5.41) is 2.79. The van der Waals surface area contributed by atoms with Crippen LogP contribution >= 0.6 is 0 Å². The Labute approximate surface area is 99.3 Å². The van der Waals surface area contributed by atoms with E-state index in [-0.39, 0.29) is 5.91 Å². The highest BCUT2D eigenvalue weighted by atomic mass is 16.1. The first-order valence-electron chi connectivity index (χ1n) is 5.49. The quantitative estimate of drug-likeness (QED) is 0.806. The van der Waals surface area contributed by atoms with Gasteiger partial charge in [-0.3, -0.25) is 9.78 Å². The SMILES string of the molecule is O=C(CCc1ccccn1)NCc1ncc[nH]1. The highest BCUT2D eigenvalue weighted by Gasteiger charge is 2.03. The highest BCUT2D eigenvalue weighted by Crippen LogP contribution is 1.98. The normalized spacial score (nSPS) is 10.1. The molecular formula is C12H14N4O. The lowest BCUT2D eigenvalue weighted by Gasteiger charge is -2.02. The van der Waals surface area contributed by atoms with Gasteiger partial charge in [-0.05, 0) is 18.6 Å². The maximum Gasteiger partial charge on any atom is 0.220 e. The molecule has 0 unspecified atom stereocenters. The maximum absolute atomic E-state index is 11.5. The minimum Gasteiger partial charge on any atom is -0.349 e. The molecule has 2 aromatic rings. The van der Waals surface area contributed by atoms with Gasteiger partial charge in [0, 0.05) is 30.7 Å². The molecule has 1 amide bonds. The third-order valence-electron chi connectivity index (χ3n) is 2.34. The lowest BCUT2D eigenvalue weighted by molar-refractivity contribution is -0.121. The second-order valence-corrected chi connectivity index (χ2v) is 3.63. The molecule has 0 bridgehead atoms. The van der Waals surface area contributed by atoms with E-state index in [2.05, 4.69) is 20.3 Å². The van der Waals surface area contributed by atoms with E-state index in [0.717, 1.165) is 11.5 Å². The van der Waals surface area contributed by atoms with E-state index in [1.807, 2.05) is 18.2 Å². The molecule has 0 aliphatic heterocycles. The summed E-state index contributed by atoms with van der Waals surface area (Å²) < 4.78 is 0. The number of pyridine rings is 1. The molecule has 0 saturated heterocycles. The number of nitrogens with zero attached hydrogens (tertiary/aromatic N) is 2. The highest BCUT2D eigenvalue weighted by molar-refractivity contribution is 5.75. The Morgan fingerprint density at radius 2 is 2.24 bits per heavy atom. The van der Waals surface area contributed by atoms with Crippen molar-refractivity contribution in [1.29, 1.82) is 0 Å². The first kappa shape index (κ1) is 11.3. The van der Waals surface area contributed by atoms with Crippen LogP contribution in [0.15, 0.2) is 36.8 Å². The van der Waals surface area contributed by atoms with Crippen LogP contribution in [0.2, 0.25) is 0 Å². The Bertz CT molecular complexity index is 453. The number of hydrogen-bond acceptors (Lipinski definition) is 3. The molecule has 2 heterocycles. The number of imidazole rings is 1. The van der Waals surface area contributed by atoms with Gasteiger partial charge in [0.15, 0.2) is 0 Å². The zero-order valence-corrected chi connectivity index (χ0v) is 9.39. The van der Waals surface area contributed by atoms with Gasteiger partial charge in [-0.2, -0.15) is 0 Å². The first-order valence-corrected chi connectivity index (χ1v) is 5.49. The van der Waals surface area contributed by atoms with Crippen LogP contribution in [0.25, 0.3) is 0 Å². The molecule has 17 heavy (non-hydrogen) atoms. The summed E-state index contributed by atoms with van der Waals surface area (Å²) in [7, 11) is 0. The van der Waals surface area contributed by atoms with Gasteiger partial charge in [-0.25, -0.2) is 4.98 Å². The van der Waals surface area contributed by atoms with E-state index in [0.29, 0.717) is 19.4 Å². The molecule has 5 heteroatoms. The molecule has 0 aliphatic carbocycles. The number of hydrogen-bond donors (Lipinski definition) is 2. The fraction of sp³-hybridized carbons (Fsp3) is 0.250. The number of aryl methyl sites for hydroxylation is 1. The summed E-state index contributed by atoms with van der Waals surface area (Å²) in [6.45, 7) is 0.439. The Morgan fingerprint density at radius 3 is 2.94 bits per heavy atom. The predicted molar refractivity (Wildman–Crippen MR) is 63.0 cm³/mol. The number of nitrogens with one attached hydrogen (secondary N) is 2. The van der Waals surface area contributed by atoms with Crippen LogP contribution in [-0.2, 0) is 17.8 Å². The van der Waals surface area contributed by atoms with Crippen molar-refractivity contribution in [3.05, 3.63) is 48.3 Å². The van der Waals surface area contributed by atoms with Crippen LogP contribution in [0.3, 0.4) is 0 Å². The zero-order valence-electron chi connectivity index (χ0n) is 9.39. The summed E-state index contributed by atoms with van der Waals surface area (Å²) in [5.74, 6) is 0.767. The van der Waals surface area contributed by atoms with E-state index >= 15 is 0 Å². The maximum atomic E-state index is 11.5. The molecule has 88 valence electrons. The van der Waals surface area contributed by atoms with Crippen molar-refractivity contribution < 1.29 is 4.79 Å². The van der Waals surface area contributed by atoms with Gasteiger partial charge >= 0.3 is 0 Å². The van der Waals surface area contributed by atoms with Gasteiger partial charge in [0.25, 0.3) is 0 Å². The fourth-order valence-electron chi connectivity index (χ4n) is 1.45. The summed E-state index contributed by atoms with van der Waals surface area (Å²) in [5.41, 5.74) is 0.931. The van der Waals surface area contributed by atoms with Crippen LogP contribution in [0.5, 0.6) is 0 Å². The molecule has 5 nitrogen and oxygen atoms in total. The molecule has 0 fully saturated rings.